The first kappa shape index (κ1) is 12.2. The van der Waals surface area contributed by atoms with Crippen LogP contribution < -0.4 is 4.74 Å². The summed E-state index contributed by atoms with van der Waals surface area (Å²) in [5, 5.41) is 1.02. The van der Waals surface area contributed by atoms with E-state index in [1.807, 2.05) is 55.5 Å². The van der Waals surface area contributed by atoms with Gasteiger partial charge in [0, 0.05) is 16.1 Å². The van der Waals surface area contributed by atoms with Crippen LogP contribution in [0, 0.1) is 6.92 Å². The number of nitrogens with zero attached hydrogens (tertiary/aromatic N) is 1. The Balaban J connectivity index is 2.03. The van der Waals surface area contributed by atoms with Gasteiger partial charge in [-0.15, -0.1) is 0 Å². The van der Waals surface area contributed by atoms with Crippen LogP contribution in [0.4, 0.5) is 0 Å². The molecule has 2 aromatic carbocycles. The van der Waals surface area contributed by atoms with Gasteiger partial charge in [0.15, 0.2) is 0 Å². The van der Waals surface area contributed by atoms with E-state index in [9.17, 15) is 0 Å². The molecule has 19 heavy (non-hydrogen) atoms. The molecule has 0 saturated carbocycles. The largest absolute Gasteiger partial charge is 0.457 e. The molecule has 0 aliphatic heterocycles. The van der Waals surface area contributed by atoms with E-state index in [-0.39, 0.29) is 0 Å². The highest BCUT2D eigenvalue weighted by atomic mass is 79.9. The molecule has 0 atom stereocenters. The normalized spacial score (nSPS) is 10.6. The summed E-state index contributed by atoms with van der Waals surface area (Å²) in [6, 6.07) is 15.8. The molecule has 0 fully saturated rings. The summed E-state index contributed by atoms with van der Waals surface area (Å²) in [6.45, 7) is 2.04. The Morgan fingerprint density at radius 3 is 2.74 bits per heavy atom. The molecule has 0 aliphatic carbocycles. The number of rotatable bonds is 2. The van der Waals surface area contributed by atoms with E-state index in [2.05, 4.69) is 20.9 Å². The van der Waals surface area contributed by atoms with Crippen molar-refractivity contribution in [3.8, 4) is 11.5 Å². The van der Waals surface area contributed by atoms with Gasteiger partial charge in [0.05, 0.1) is 5.52 Å². The topological polar surface area (TPSA) is 22.1 Å². The maximum absolute atomic E-state index is 5.97. The van der Waals surface area contributed by atoms with Crippen LogP contribution in [0.5, 0.6) is 11.5 Å². The van der Waals surface area contributed by atoms with Crippen LogP contribution in [0.25, 0.3) is 10.9 Å². The van der Waals surface area contributed by atoms with Crippen molar-refractivity contribution < 1.29 is 4.74 Å². The Labute approximate surface area is 120 Å². The summed E-state index contributed by atoms with van der Waals surface area (Å²) in [4.78, 5) is 4.33. The second-order valence-electron chi connectivity index (χ2n) is 4.34. The number of ether oxygens (including phenoxy) is 1. The lowest BCUT2D eigenvalue weighted by Gasteiger charge is -2.09. The Morgan fingerprint density at radius 2 is 1.89 bits per heavy atom. The minimum absolute atomic E-state index is 0.826. The van der Waals surface area contributed by atoms with E-state index in [1.165, 1.54) is 0 Å². The van der Waals surface area contributed by atoms with Crippen LogP contribution in [-0.4, -0.2) is 4.98 Å². The van der Waals surface area contributed by atoms with Gasteiger partial charge in [-0.25, -0.2) is 0 Å². The number of aromatic nitrogens is 1. The number of aryl methyl sites for hydroxylation is 1. The fourth-order valence-corrected chi connectivity index (χ4v) is 2.21. The fraction of sp³-hybridized carbons (Fsp3) is 0.0625. The van der Waals surface area contributed by atoms with E-state index in [0.717, 1.165) is 32.4 Å². The first-order valence-electron chi connectivity index (χ1n) is 6.02. The SMILES string of the molecule is Cc1cc(Oc2ccnc3ccccc23)ccc1Br. The fourth-order valence-electron chi connectivity index (χ4n) is 1.97. The van der Waals surface area contributed by atoms with Crippen molar-refractivity contribution in [3.05, 3.63) is 64.8 Å². The summed E-state index contributed by atoms with van der Waals surface area (Å²) in [6.07, 6.45) is 1.77. The van der Waals surface area contributed by atoms with Crippen LogP contribution in [0.2, 0.25) is 0 Å². The van der Waals surface area contributed by atoms with Gasteiger partial charge in [-0.2, -0.15) is 0 Å². The van der Waals surface area contributed by atoms with Crippen LogP contribution in [-0.2, 0) is 0 Å². The molecule has 1 heterocycles. The van der Waals surface area contributed by atoms with Crippen LogP contribution in [0.15, 0.2) is 59.2 Å². The number of fused-ring (bicyclic) bond motifs is 1. The Hall–Kier alpha value is -1.87. The third-order valence-electron chi connectivity index (χ3n) is 2.97. The molecule has 1 aromatic heterocycles. The van der Waals surface area contributed by atoms with Crippen molar-refractivity contribution in [2.75, 3.05) is 0 Å². The van der Waals surface area contributed by atoms with Crippen molar-refractivity contribution in [2.24, 2.45) is 0 Å². The average molecular weight is 314 g/mol. The van der Waals surface area contributed by atoms with Crippen molar-refractivity contribution in [2.45, 2.75) is 6.92 Å². The molecule has 0 aliphatic rings. The van der Waals surface area contributed by atoms with Crippen molar-refractivity contribution >= 4 is 26.8 Å². The van der Waals surface area contributed by atoms with Gasteiger partial charge in [-0.05, 0) is 48.9 Å². The van der Waals surface area contributed by atoms with Crippen molar-refractivity contribution in [1.29, 1.82) is 0 Å². The lowest BCUT2D eigenvalue weighted by atomic mass is 10.2. The van der Waals surface area contributed by atoms with Gasteiger partial charge in [-0.3, -0.25) is 4.98 Å². The summed E-state index contributed by atoms with van der Waals surface area (Å²) < 4.78 is 7.05. The van der Waals surface area contributed by atoms with Gasteiger partial charge in [0.25, 0.3) is 0 Å². The first-order chi connectivity index (χ1) is 9.24. The van der Waals surface area contributed by atoms with Gasteiger partial charge in [-0.1, -0.05) is 28.1 Å². The van der Waals surface area contributed by atoms with E-state index < -0.39 is 0 Å². The molecular weight excluding hydrogens is 302 g/mol. The molecule has 3 aromatic rings. The second-order valence-corrected chi connectivity index (χ2v) is 5.19. The van der Waals surface area contributed by atoms with E-state index in [4.69, 9.17) is 4.74 Å². The quantitative estimate of drug-likeness (QED) is 0.656. The maximum Gasteiger partial charge on any atom is 0.138 e. The summed E-state index contributed by atoms with van der Waals surface area (Å²) in [5.74, 6) is 1.66. The molecule has 3 rings (SSSR count). The zero-order valence-electron chi connectivity index (χ0n) is 10.4. The van der Waals surface area contributed by atoms with Gasteiger partial charge < -0.3 is 4.74 Å². The predicted octanol–water partition coefficient (Wildman–Crippen LogP) is 5.10. The van der Waals surface area contributed by atoms with Crippen molar-refractivity contribution in [3.63, 3.8) is 0 Å². The van der Waals surface area contributed by atoms with E-state index in [1.54, 1.807) is 6.20 Å². The monoisotopic (exact) mass is 313 g/mol. The number of hydrogen-bond donors (Lipinski definition) is 0. The van der Waals surface area contributed by atoms with Crippen LogP contribution in [0.1, 0.15) is 5.56 Å². The molecule has 0 radical (unpaired) electrons. The number of pyridine rings is 1. The minimum atomic E-state index is 0.826. The van der Waals surface area contributed by atoms with Gasteiger partial charge >= 0.3 is 0 Å². The molecule has 0 N–H and O–H groups in total. The summed E-state index contributed by atoms with van der Waals surface area (Å²) in [7, 11) is 0. The third kappa shape index (κ3) is 2.47. The van der Waals surface area contributed by atoms with Crippen LogP contribution in [0.3, 0.4) is 0 Å². The van der Waals surface area contributed by atoms with Crippen LogP contribution >= 0.6 is 15.9 Å². The Bertz CT molecular complexity index is 734. The number of halogens is 1. The minimum Gasteiger partial charge on any atom is -0.457 e. The molecule has 0 bridgehead atoms. The van der Waals surface area contributed by atoms with E-state index >= 15 is 0 Å². The zero-order chi connectivity index (χ0) is 13.2. The smallest absolute Gasteiger partial charge is 0.138 e. The second kappa shape index (κ2) is 5.02. The van der Waals surface area contributed by atoms with Gasteiger partial charge in [0.2, 0.25) is 0 Å². The lowest BCUT2D eigenvalue weighted by molar-refractivity contribution is 0.487. The highest BCUT2D eigenvalue weighted by Crippen LogP contribution is 2.30. The molecule has 0 spiro atoms. The summed E-state index contributed by atoms with van der Waals surface area (Å²) in [5.41, 5.74) is 2.09. The maximum atomic E-state index is 5.97. The molecule has 0 saturated heterocycles. The lowest BCUT2D eigenvalue weighted by Crippen LogP contribution is -1.88. The molecule has 0 unspecified atom stereocenters. The molecule has 94 valence electrons. The van der Waals surface area contributed by atoms with Crippen molar-refractivity contribution in [1.82, 2.24) is 4.98 Å². The highest BCUT2D eigenvalue weighted by molar-refractivity contribution is 9.10. The predicted molar refractivity (Wildman–Crippen MR) is 80.7 cm³/mol. The third-order valence-corrected chi connectivity index (χ3v) is 3.86. The van der Waals surface area contributed by atoms with Gasteiger partial charge in [0.1, 0.15) is 11.5 Å². The average Bonchev–Trinajstić information content (AvgIpc) is 2.43. The summed E-state index contributed by atoms with van der Waals surface area (Å²) >= 11 is 3.49. The van der Waals surface area contributed by atoms with E-state index in [0.29, 0.717) is 0 Å². The first-order valence-corrected chi connectivity index (χ1v) is 6.81. The number of benzene rings is 2. The Morgan fingerprint density at radius 1 is 1.05 bits per heavy atom. The number of para-hydroxylation sites is 1. The molecule has 2 nitrogen and oxygen atoms in total. The zero-order valence-corrected chi connectivity index (χ0v) is 12.0. The highest BCUT2D eigenvalue weighted by Gasteiger charge is 2.04. The molecular formula is C16H12BrNO. The molecule has 0 amide bonds. The molecule has 3 heteroatoms. The number of hydrogen-bond acceptors (Lipinski definition) is 2. The Kier molecular flexibility index (Phi) is 3.22. The standard InChI is InChI=1S/C16H12BrNO/c1-11-10-12(6-7-14(11)17)19-16-8-9-18-15-5-3-2-4-13(15)16/h2-10H,1H3.